The summed E-state index contributed by atoms with van der Waals surface area (Å²) in [4.78, 5) is 74.8. The lowest BCUT2D eigenvalue weighted by Gasteiger charge is -2.49. The smallest absolute Gasteiger partial charge is 0.356 e. The van der Waals surface area contributed by atoms with Crippen LogP contribution in [0.5, 0.6) is 0 Å². The second-order valence-corrected chi connectivity index (χ2v) is 13.6. The van der Waals surface area contributed by atoms with Gasteiger partial charge in [0, 0.05) is 11.1 Å². The van der Waals surface area contributed by atoms with Crippen molar-refractivity contribution < 1.29 is 38.3 Å². The van der Waals surface area contributed by atoms with Crippen molar-refractivity contribution >= 4 is 64.1 Å². The number of carbonyl (C=O) groups is 5. The van der Waals surface area contributed by atoms with E-state index in [1.807, 2.05) is 60.7 Å². The molecule has 0 saturated carbocycles. The number of oxime groups is 1. The van der Waals surface area contributed by atoms with E-state index in [0.717, 1.165) is 22.5 Å². The molecular weight excluding hydrogens is 671 g/mol. The molecule has 0 bridgehead atoms. The predicted molar refractivity (Wildman–Crippen MR) is 183 cm³/mol. The zero-order chi connectivity index (χ0) is 35.1. The number of fused-ring (bicyclic) bond motifs is 1. The lowest BCUT2D eigenvalue weighted by Crippen LogP contribution is -2.71. The normalized spacial score (nSPS) is 17.4. The summed E-state index contributed by atoms with van der Waals surface area (Å²) >= 11 is 2.36. The topological polar surface area (TPSA) is 166 Å². The van der Waals surface area contributed by atoms with Crippen LogP contribution < -0.4 is 10.6 Å². The van der Waals surface area contributed by atoms with Crippen LogP contribution in [0.1, 0.15) is 43.7 Å². The summed E-state index contributed by atoms with van der Waals surface area (Å²) in [5.41, 5.74) is 0.975. The molecule has 1 aromatic heterocycles. The van der Waals surface area contributed by atoms with Crippen LogP contribution in [0.15, 0.2) is 95.1 Å². The number of thioether (sulfide) groups is 1. The van der Waals surface area contributed by atoms with Crippen molar-refractivity contribution in [3.8, 4) is 0 Å². The molecule has 2 N–H and O–H groups in total. The van der Waals surface area contributed by atoms with Crippen molar-refractivity contribution in [2.75, 3.05) is 17.7 Å². The molecule has 254 valence electrons. The molecule has 1 fully saturated rings. The third kappa shape index (κ3) is 8.24. The van der Waals surface area contributed by atoms with Gasteiger partial charge < -0.3 is 24.9 Å². The number of carbonyl (C=O) groups excluding carboxylic acids is 5. The molecular formula is C34H33N5O8S2. The number of esters is 2. The van der Waals surface area contributed by atoms with Gasteiger partial charge in [0.2, 0.25) is 13.0 Å². The highest BCUT2D eigenvalue weighted by atomic mass is 32.2. The third-order valence-electron chi connectivity index (χ3n) is 7.06. The zero-order valence-corrected chi connectivity index (χ0v) is 28.4. The Morgan fingerprint density at radius 2 is 1.76 bits per heavy atom. The number of ether oxygens (including phenoxy) is 2. The first-order valence-corrected chi connectivity index (χ1v) is 16.9. The molecule has 3 amide bonds. The monoisotopic (exact) mass is 703 g/mol. The molecule has 3 heterocycles. The summed E-state index contributed by atoms with van der Waals surface area (Å²) in [6, 6.07) is 17.5. The van der Waals surface area contributed by atoms with E-state index < -0.39 is 53.5 Å². The Balaban J connectivity index is 1.35. The SMILES string of the molecule is C=CC1=C(C(=O)OC(c2ccccc2)c2ccccc2)N2C(=O)[C@@H](NC(=O)/C(=N/OCC(=O)OC(C)(C)C)c3csc(NC=O)n3)[C@H]2SC1. The Labute approximate surface area is 290 Å². The van der Waals surface area contributed by atoms with E-state index in [0.29, 0.717) is 17.7 Å². The number of amides is 3. The van der Waals surface area contributed by atoms with Crippen molar-refractivity contribution in [1.29, 1.82) is 0 Å². The summed E-state index contributed by atoms with van der Waals surface area (Å²) in [5, 5.41) is 9.88. The maximum Gasteiger partial charge on any atom is 0.356 e. The van der Waals surface area contributed by atoms with E-state index in [4.69, 9.17) is 14.3 Å². The number of allylic oxidation sites excluding steroid dienone is 1. The lowest BCUT2D eigenvalue weighted by molar-refractivity contribution is -0.160. The fraction of sp³-hybridized carbons (Fsp3) is 0.265. The van der Waals surface area contributed by atoms with Gasteiger partial charge >= 0.3 is 11.9 Å². The van der Waals surface area contributed by atoms with Gasteiger partial charge in [-0.2, -0.15) is 0 Å². The van der Waals surface area contributed by atoms with Gasteiger partial charge in [0.15, 0.2) is 16.9 Å². The molecule has 0 unspecified atom stereocenters. The van der Waals surface area contributed by atoms with E-state index in [1.165, 1.54) is 28.1 Å². The Morgan fingerprint density at radius 1 is 1.10 bits per heavy atom. The predicted octanol–water partition coefficient (Wildman–Crippen LogP) is 3.95. The molecule has 2 atom stereocenters. The van der Waals surface area contributed by atoms with Crippen molar-refractivity contribution in [3.05, 3.63) is 107 Å². The Morgan fingerprint density at radius 3 is 2.35 bits per heavy atom. The number of anilines is 1. The largest absolute Gasteiger partial charge is 0.457 e. The fourth-order valence-electron chi connectivity index (χ4n) is 4.97. The van der Waals surface area contributed by atoms with E-state index in [9.17, 15) is 24.0 Å². The minimum absolute atomic E-state index is 0.0296. The van der Waals surface area contributed by atoms with Crippen LogP contribution in [-0.2, 0) is 38.3 Å². The van der Waals surface area contributed by atoms with Gasteiger partial charge in [-0.1, -0.05) is 78.5 Å². The van der Waals surface area contributed by atoms with Crippen molar-refractivity contribution in [2.45, 2.75) is 43.9 Å². The molecule has 0 spiro atoms. The van der Waals surface area contributed by atoms with Crippen LogP contribution in [0, 0.1) is 0 Å². The molecule has 13 nitrogen and oxygen atoms in total. The number of β-lactam (4-membered cyclic amide) rings is 1. The second-order valence-electron chi connectivity index (χ2n) is 11.6. The average molecular weight is 704 g/mol. The summed E-state index contributed by atoms with van der Waals surface area (Å²) in [7, 11) is 0. The lowest BCUT2D eigenvalue weighted by atomic mass is 10.0. The van der Waals surface area contributed by atoms with Crippen LogP contribution >= 0.6 is 23.1 Å². The molecule has 5 rings (SSSR count). The second kappa shape index (κ2) is 15.3. The van der Waals surface area contributed by atoms with Gasteiger partial charge in [-0.25, -0.2) is 14.6 Å². The number of hydrogen-bond donors (Lipinski definition) is 2. The number of hydrogen-bond acceptors (Lipinski definition) is 12. The van der Waals surface area contributed by atoms with Gasteiger partial charge in [0.1, 0.15) is 28.4 Å². The third-order valence-corrected chi connectivity index (χ3v) is 9.13. The summed E-state index contributed by atoms with van der Waals surface area (Å²) in [6.45, 7) is 8.31. The maximum absolute atomic E-state index is 13.9. The van der Waals surface area contributed by atoms with Gasteiger partial charge in [-0.15, -0.1) is 23.1 Å². The fourth-order valence-corrected chi connectivity index (χ4v) is 6.96. The van der Waals surface area contributed by atoms with Gasteiger partial charge in [-0.3, -0.25) is 19.3 Å². The number of thiazole rings is 1. The summed E-state index contributed by atoms with van der Waals surface area (Å²) in [5.74, 6) is -2.49. The number of nitrogens with zero attached hydrogens (tertiary/aromatic N) is 3. The van der Waals surface area contributed by atoms with Gasteiger partial charge in [0.05, 0.1) is 0 Å². The molecule has 2 aromatic carbocycles. The minimum atomic E-state index is -1.05. The highest BCUT2D eigenvalue weighted by Gasteiger charge is 2.54. The number of rotatable bonds is 13. The first-order valence-electron chi connectivity index (χ1n) is 15.0. The Hall–Kier alpha value is -5.28. The number of aromatic nitrogens is 1. The summed E-state index contributed by atoms with van der Waals surface area (Å²) < 4.78 is 11.3. The summed E-state index contributed by atoms with van der Waals surface area (Å²) in [6.07, 6.45) is 1.19. The standard InChI is InChI=1S/C34H33N5O8S2/c1-5-20-17-48-31-26(37-29(42)25(23-18-49-33(36-23)35-19-40)38-45-16-24(41)47-34(2,3)4)30(43)39(31)27(20)32(44)46-28(21-12-8-6-9-13-21)22-14-10-7-11-15-22/h5-15,18-19,26,28,31H,1,16-17H2,2-4H3,(H,37,42)(H,35,36,40)/b38-25+/t26-,31-/m1/s1. The number of benzene rings is 2. The molecule has 15 heteroatoms. The van der Waals surface area contributed by atoms with E-state index in [-0.39, 0.29) is 22.2 Å². The van der Waals surface area contributed by atoms with Crippen LogP contribution in [0.4, 0.5) is 5.13 Å². The molecule has 2 aliphatic rings. The highest BCUT2D eigenvalue weighted by Crippen LogP contribution is 2.42. The molecule has 0 radical (unpaired) electrons. The quantitative estimate of drug-likeness (QED) is 0.0876. The van der Waals surface area contributed by atoms with Crippen LogP contribution in [0.3, 0.4) is 0 Å². The van der Waals surface area contributed by atoms with E-state index in [1.54, 1.807) is 20.8 Å². The maximum atomic E-state index is 13.9. The van der Waals surface area contributed by atoms with Crippen molar-refractivity contribution in [2.24, 2.45) is 5.16 Å². The molecule has 49 heavy (non-hydrogen) atoms. The Kier molecular flexibility index (Phi) is 10.9. The van der Waals surface area contributed by atoms with Gasteiger partial charge in [-0.05, 0) is 37.5 Å². The van der Waals surface area contributed by atoms with Crippen LogP contribution in [-0.4, -0.2) is 75.1 Å². The Bertz CT molecular complexity index is 1760. The van der Waals surface area contributed by atoms with Crippen molar-refractivity contribution in [3.63, 3.8) is 0 Å². The first kappa shape index (κ1) is 35.0. The highest BCUT2D eigenvalue weighted by molar-refractivity contribution is 8.00. The van der Waals surface area contributed by atoms with E-state index in [2.05, 4.69) is 27.4 Å². The minimum Gasteiger partial charge on any atom is -0.457 e. The van der Waals surface area contributed by atoms with E-state index >= 15 is 0 Å². The molecule has 1 saturated heterocycles. The molecule has 2 aliphatic heterocycles. The molecule has 0 aliphatic carbocycles. The molecule has 3 aromatic rings. The van der Waals surface area contributed by atoms with Crippen molar-refractivity contribution in [1.82, 2.24) is 15.2 Å². The van der Waals surface area contributed by atoms with Crippen LogP contribution in [0.25, 0.3) is 0 Å². The number of nitrogens with one attached hydrogen (secondary N) is 2. The first-order chi connectivity index (χ1) is 23.5. The van der Waals surface area contributed by atoms with Crippen LogP contribution in [0.2, 0.25) is 0 Å². The average Bonchev–Trinajstić information content (AvgIpc) is 3.55. The zero-order valence-electron chi connectivity index (χ0n) is 26.8. The van der Waals surface area contributed by atoms with Gasteiger partial charge in [0.25, 0.3) is 11.8 Å².